The molecular formula is C46H28N4O. The number of para-hydroxylation sites is 4. The van der Waals surface area contributed by atoms with Gasteiger partial charge in [-0.1, -0.05) is 72.8 Å². The molecule has 238 valence electrons. The van der Waals surface area contributed by atoms with E-state index in [1.807, 2.05) is 84.9 Å². The SMILES string of the molecule is N#Cc1ccccc1N(c1ccccc1)c1ccc2cc3c(cc2c1)oc1cc2cc(N(c4ccccc4)c4ccccc4C#N)ccc2cc13. The molecule has 9 rings (SSSR count). The summed E-state index contributed by atoms with van der Waals surface area (Å²) in [5, 5.41) is 26.3. The van der Waals surface area contributed by atoms with E-state index in [0.29, 0.717) is 11.1 Å². The Morgan fingerprint density at radius 1 is 0.373 bits per heavy atom. The van der Waals surface area contributed by atoms with Crippen molar-refractivity contribution in [2.75, 3.05) is 9.80 Å². The van der Waals surface area contributed by atoms with Gasteiger partial charge in [-0.25, -0.2) is 0 Å². The van der Waals surface area contributed by atoms with Crippen LogP contribution in [0.2, 0.25) is 0 Å². The zero-order valence-corrected chi connectivity index (χ0v) is 27.4. The fourth-order valence-corrected chi connectivity index (χ4v) is 7.05. The highest BCUT2D eigenvalue weighted by molar-refractivity contribution is 6.14. The third-order valence-corrected chi connectivity index (χ3v) is 9.43. The van der Waals surface area contributed by atoms with Gasteiger partial charge < -0.3 is 14.2 Å². The molecule has 51 heavy (non-hydrogen) atoms. The first kappa shape index (κ1) is 29.8. The molecule has 5 heteroatoms. The molecule has 0 amide bonds. The van der Waals surface area contributed by atoms with Gasteiger partial charge in [0.25, 0.3) is 0 Å². The first-order chi connectivity index (χ1) is 25.2. The summed E-state index contributed by atoms with van der Waals surface area (Å²) in [6, 6.07) is 61.8. The van der Waals surface area contributed by atoms with Crippen LogP contribution in [0.1, 0.15) is 11.1 Å². The lowest BCUT2D eigenvalue weighted by molar-refractivity contribution is 0.670. The molecule has 1 heterocycles. The van der Waals surface area contributed by atoms with Crippen molar-refractivity contribution in [3.05, 3.63) is 181 Å². The minimum atomic E-state index is 0.602. The molecule has 0 radical (unpaired) electrons. The normalized spacial score (nSPS) is 11.1. The van der Waals surface area contributed by atoms with E-state index in [1.54, 1.807) is 0 Å². The van der Waals surface area contributed by atoms with Crippen LogP contribution in [0.5, 0.6) is 0 Å². The molecule has 0 aliphatic heterocycles. The van der Waals surface area contributed by atoms with Crippen LogP contribution < -0.4 is 9.80 Å². The van der Waals surface area contributed by atoms with E-state index in [0.717, 1.165) is 77.6 Å². The van der Waals surface area contributed by atoms with Crippen molar-refractivity contribution in [1.82, 2.24) is 0 Å². The zero-order chi connectivity index (χ0) is 34.3. The number of furan rings is 1. The Morgan fingerprint density at radius 3 is 1.22 bits per heavy atom. The molecule has 0 bridgehead atoms. The van der Waals surface area contributed by atoms with Crippen LogP contribution in [0, 0.1) is 22.7 Å². The largest absolute Gasteiger partial charge is 0.456 e. The Balaban J connectivity index is 1.17. The number of benzene rings is 8. The highest BCUT2D eigenvalue weighted by Gasteiger charge is 2.19. The number of anilines is 6. The van der Waals surface area contributed by atoms with Gasteiger partial charge in [-0.2, -0.15) is 10.5 Å². The van der Waals surface area contributed by atoms with Gasteiger partial charge in [0, 0.05) is 33.5 Å². The predicted octanol–water partition coefficient (Wildman–Crippen LogP) is 12.6. The Hall–Kier alpha value is -7.34. The van der Waals surface area contributed by atoms with E-state index >= 15 is 0 Å². The minimum absolute atomic E-state index is 0.602. The first-order valence-corrected chi connectivity index (χ1v) is 16.7. The molecule has 0 aliphatic rings. The number of fused-ring (bicyclic) bond motifs is 5. The van der Waals surface area contributed by atoms with E-state index in [4.69, 9.17) is 4.42 Å². The number of rotatable bonds is 6. The second-order valence-corrected chi connectivity index (χ2v) is 12.5. The molecule has 5 nitrogen and oxygen atoms in total. The van der Waals surface area contributed by atoms with Crippen molar-refractivity contribution in [1.29, 1.82) is 10.5 Å². The van der Waals surface area contributed by atoms with Gasteiger partial charge in [-0.15, -0.1) is 0 Å². The molecule has 0 saturated heterocycles. The summed E-state index contributed by atoms with van der Waals surface area (Å²) in [5.41, 5.74) is 8.31. The standard InChI is InChI=1S/C46H28N4O/c47-29-33-11-7-9-17-43(33)49(37-13-3-1-4-14-37)39-21-19-31-25-41-42-26-32-20-22-40(24-36(32)28-46(42)51-45(41)27-35(31)23-39)50(38-15-5-2-6-16-38)44-18-10-8-12-34(44)30-48/h1-28H. The van der Waals surface area contributed by atoms with Crippen molar-refractivity contribution < 1.29 is 4.42 Å². The van der Waals surface area contributed by atoms with Crippen LogP contribution in [-0.4, -0.2) is 0 Å². The summed E-state index contributed by atoms with van der Waals surface area (Å²) < 4.78 is 6.57. The smallest absolute Gasteiger partial charge is 0.136 e. The Morgan fingerprint density at radius 2 is 0.784 bits per heavy atom. The van der Waals surface area contributed by atoms with Crippen molar-refractivity contribution in [2.24, 2.45) is 0 Å². The highest BCUT2D eigenvalue weighted by atomic mass is 16.3. The predicted molar refractivity (Wildman–Crippen MR) is 208 cm³/mol. The first-order valence-electron chi connectivity index (χ1n) is 16.7. The summed E-state index contributed by atoms with van der Waals surface area (Å²) in [5.74, 6) is 0. The average Bonchev–Trinajstić information content (AvgIpc) is 3.53. The lowest BCUT2D eigenvalue weighted by Gasteiger charge is -2.26. The van der Waals surface area contributed by atoms with Gasteiger partial charge in [-0.3, -0.25) is 0 Å². The third kappa shape index (κ3) is 5.18. The van der Waals surface area contributed by atoms with Crippen molar-refractivity contribution >= 4 is 77.6 Å². The monoisotopic (exact) mass is 652 g/mol. The summed E-state index contributed by atoms with van der Waals surface area (Å²) in [6.45, 7) is 0. The minimum Gasteiger partial charge on any atom is -0.456 e. The van der Waals surface area contributed by atoms with Crippen LogP contribution >= 0.6 is 0 Å². The third-order valence-electron chi connectivity index (χ3n) is 9.43. The van der Waals surface area contributed by atoms with Crippen LogP contribution in [0.4, 0.5) is 34.1 Å². The highest BCUT2D eigenvalue weighted by Crippen LogP contribution is 2.42. The summed E-state index contributed by atoms with van der Waals surface area (Å²) in [7, 11) is 0. The Bertz CT molecular complexity index is 2650. The fraction of sp³-hybridized carbons (Fsp3) is 0. The molecule has 0 saturated carbocycles. The quantitative estimate of drug-likeness (QED) is 0.179. The van der Waals surface area contributed by atoms with Crippen molar-refractivity contribution in [3.63, 3.8) is 0 Å². The van der Waals surface area contributed by atoms with E-state index < -0.39 is 0 Å². The molecule has 9 aromatic rings. The molecule has 0 spiro atoms. The molecule has 0 unspecified atom stereocenters. The second kappa shape index (κ2) is 12.3. The maximum absolute atomic E-state index is 9.96. The van der Waals surface area contributed by atoms with Crippen LogP contribution in [-0.2, 0) is 0 Å². The summed E-state index contributed by atoms with van der Waals surface area (Å²) >= 11 is 0. The number of nitrogens with zero attached hydrogens (tertiary/aromatic N) is 4. The van der Waals surface area contributed by atoms with Gasteiger partial charge in [-0.05, 0) is 119 Å². The van der Waals surface area contributed by atoms with Gasteiger partial charge in [0.1, 0.15) is 23.3 Å². The maximum Gasteiger partial charge on any atom is 0.136 e. The van der Waals surface area contributed by atoms with E-state index in [-0.39, 0.29) is 0 Å². The topological polar surface area (TPSA) is 67.2 Å². The van der Waals surface area contributed by atoms with Gasteiger partial charge >= 0.3 is 0 Å². The van der Waals surface area contributed by atoms with Gasteiger partial charge in [0.15, 0.2) is 0 Å². The molecular weight excluding hydrogens is 625 g/mol. The Labute approximate surface area is 294 Å². The maximum atomic E-state index is 9.96. The van der Waals surface area contributed by atoms with Crippen molar-refractivity contribution in [2.45, 2.75) is 0 Å². The molecule has 0 fully saturated rings. The van der Waals surface area contributed by atoms with Crippen molar-refractivity contribution in [3.8, 4) is 12.1 Å². The van der Waals surface area contributed by atoms with E-state index in [9.17, 15) is 10.5 Å². The zero-order valence-electron chi connectivity index (χ0n) is 27.4. The van der Waals surface area contributed by atoms with Crippen LogP contribution in [0.15, 0.2) is 174 Å². The van der Waals surface area contributed by atoms with E-state index in [1.165, 1.54) is 0 Å². The second-order valence-electron chi connectivity index (χ2n) is 12.5. The summed E-state index contributed by atoms with van der Waals surface area (Å²) in [4.78, 5) is 4.25. The lowest BCUT2D eigenvalue weighted by atomic mass is 10.0. The number of hydrogen-bond donors (Lipinski definition) is 0. The molecule has 0 atom stereocenters. The van der Waals surface area contributed by atoms with E-state index in [2.05, 4.69) is 107 Å². The molecule has 0 aliphatic carbocycles. The molecule has 0 N–H and O–H groups in total. The average molecular weight is 653 g/mol. The van der Waals surface area contributed by atoms with Crippen LogP contribution in [0.3, 0.4) is 0 Å². The Kier molecular flexibility index (Phi) is 7.17. The van der Waals surface area contributed by atoms with Gasteiger partial charge in [0.05, 0.1) is 22.5 Å². The van der Waals surface area contributed by atoms with Gasteiger partial charge in [0.2, 0.25) is 0 Å². The fourth-order valence-electron chi connectivity index (χ4n) is 7.05. The number of hydrogen-bond acceptors (Lipinski definition) is 5. The molecule has 1 aromatic heterocycles. The number of nitriles is 2. The van der Waals surface area contributed by atoms with Crippen LogP contribution in [0.25, 0.3) is 43.5 Å². The summed E-state index contributed by atoms with van der Waals surface area (Å²) in [6.07, 6.45) is 0. The lowest BCUT2D eigenvalue weighted by Crippen LogP contribution is -2.11. The molecule has 8 aromatic carbocycles.